The van der Waals surface area contributed by atoms with Crippen LogP contribution in [0.4, 0.5) is 5.95 Å². The number of nitrogen functional groups attached to an aromatic ring is 1. The van der Waals surface area contributed by atoms with Crippen LogP contribution in [0, 0.1) is 12.3 Å². The molecule has 3 aliphatic rings. The quantitative estimate of drug-likeness (QED) is 0.851. The Hall–Kier alpha value is -1.69. The number of rotatable bonds is 1. The van der Waals surface area contributed by atoms with Crippen molar-refractivity contribution in [3.8, 4) is 0 Å². The van der Waals surface area contributed by atoms with Gasteiger partial charge in [0.25, 0.3) is 5.91 Å². The van der Waals surface area contributed by atoms with Gasteiger partial charge in [-0.15, -0.1) is 0 Å². The van der Waals surface area contributed by atoms with Crippen LogP contribution in [0.25, 0.3) is 0 Å². The van der Waals surface area contributed by atoms with Crippen molar-refractivity contribution >= 4 is 11.9 Å². The summed E-state index contributed by atoms with van der Waals surface area (Å²) in [6.07, 6.45) is 5.91. The van der Waals surface area contributed by atoms with E-state index in [1.807, 2.05) is 6.92 Å². The Morgan fingerprint density at radius 2 is 2.00 bits per heavy atom. The Morgan fingerprint density at radius 3 is 2.71 bits per heavy atom. The number of hydrogen-bond acceptors (Lipinski definition) is 5. The van der Waals surface area contributed by atoms with Crippen LogP contribution >= 0.6 is 0 Å². The molecule has 0 spiro atoms. The van der Waals surface area contributed by atoms with Crippen molar-refractivity contribution in [2.75, 3.05) is 19.3 Å². The highest BCUT2D eigenvalue weighted by atomic mass is 16.2. The van der Waals surface area contributed by atoms with E-state index in [0.29, 0.717) is 17.8 Å². The predicted molar refractivity (Wildman–Crippen MR) is 92.5 cm³/mol. The molecule has 2 saturated heterocycles. The molecular weight excluding hydrogens is 302 g/mol. The molecule has 3 heterocycles. The molecule has 2 N–H and O–H groups in total. The number of carbonyl (C=O) groups is 1. The topological polar surface area (TPSA) is 75.4 Å². The van der Waals surface area contributed by atoms with Crippen molar-refractivity contribution in [3.05, 3.63) is 17.5 Å². The molecule has 0 unspecified atom stereocenters. The second kappa shape index (κ2) is 5.41. The average molecular weight is 329 g/mol. The smallest absolute Gasteiger partial charge is 0.273 e. The number of aryl methyl sites for hydroxylation is 1. The van der Waals surface area contributed by atoms with Gasteiger partial charge in [-0.2, -0.15) is 0 Å². The number of fused-ring (bicyclic) bond motifs is 1. The maximum Gasteiger partial charge on any atom is 0.273 e. The van der Waals surface area contributed by atoms with Crippen molar-refractivity contribution in [1.29, 1.82) is 0 Å². The molecule has 0 radical (unpaired) electrons. The first-order chi connectivity index (χ1) is 11.4. The molecule has 1 aromatic rings. The molecule has 6 heteroatoms. The molecule has 2 bridgehead atoms. The number of nitrogens with zero attached hydrogens (tertiary/aromatic N) is 4. The number of carbonyl (C=O) groups excluding carboxylic acids is 1. The summed E-state index contributed by atoms with van der Waals surface area (Å²) in [5.41, 5.74) is 7.16. The Bertz CT molecular complexity index is 657. The van der Waals surface area contributed by atoms with Crippen molar-refractivity contribution in [2.45, 2.75) is 64.1 Å². The minimum absolute atomic E-state index is 0.0295. The van der Waals surface area contributed by atoms with Crippen molar-refractivity contribution in [3.63, 3.8) is 0 Å². The number of amides is 1. The van der Waals surface area contributed by atoms with Crippen LogP contribution in [0.3, 0.4) is 0 Å². The van der Waals surface area contributed by atoms with E-state index < -0.39 is 0 Å². The van der Waals surface area contributed by atoms with Crippen LogP contribution in [-0.2, 0) is 0 Å². The fraction of sp³-hybridized carbons (Fsp3) is 0.722. The highest BCUT2D eigenvalue weighted by Gasteiger charge is 2.59. The van der Waals surface area contributed by atoms with Gasteiger partial charge in [0.05, 0.1) is 0 Å². The highest BCUT2D eigenvalue weighted by molar-refractivity contribution is 5.93. The Labute approximate surface area is 143 Å². The van der Waals surface area contributed by atoms with Crippen LogP contribution in [-0.4, -0.2) is 57.4 Å². The molecule has 24 heavy (non-hydrogen) atoms. The normalized spacial score (nSPS) is 35.8. The zero-order valence-corrected chi connectivity index (χ0v) is 14.8. The molecule has 0 aromatic carbocycles. The van der Waals surface area contributed by atoms with Crippen LogP contribution in [0.1, 0.15) is 55.2 Å². The number of likely N-dealkylation sites (tertiary alicyclic amines) is 2. The third-order valence-corrected chi connectivity index (χ3v) is 6.49. The van der Waals surface area contributed by atoms with Crippen LogP contribution in [0.15, 0.2) is 6.07 Å². The van der Waals surface area contributed by atoms with Gasteiger partial charge in [-0.3, -0.25) is 4.79 Å². The lowest BCUT2D eigenvalue weighted by atomic mass is 9.71. The first-order valence-corrected chi connectivity index (χ1v) is 9.04. The molecular formula is C18H27N5O. The summed E-state index contributed by atoms with van der Waals surface area (Å²) in [6, 6.07) is 2.94. The lowest BCUT2D eigenvalue weighted by Crippen LogP contribution is -2.51. The Kier molecular flexibility index (Phi) is 3.56. The van der Waals surface area contributed by atoms with Gasteiger partial charge in [-0.05, 0) is 39.3 Å². The van der Waals surface area contributed by atoms with Gasteiger partial charge < -0.3 is 15.5 Å². The van der Waals surface area contributed by atoms with Gasteiger partial charge >= 0.3 is 0 Å². The average Bonchev–Trinajstić information content (AvgIpc) is 2.62. The maximum absolute atomic E-state index is 13.3. The number of aromatic nitrogens is 2. The summed E-state index contributed by atoms with van der Waals surface area (Å²) in [4.78, 5) is 26.3. The van der Waals surface area contributed by atoms with Gasteiger partial charge in [0.2, 0.25) is 5.95 Å². The highest BCUT2D eigenvalue weighted by Crippen LogP contribution is 2.53. The second-order valence-corrected chi connectivity index (χ2v) is 8.08. The van der Waals surface area contributed by atoms with Crippen LogP contribution in [0.5, 0.6) is 0 Å². The van der Waals surface area contributed by atoms with E-state index in [0.717, 1.165) is 25.1 Å². The molecule has 3 fully saturated rings. The molecule has 1 saturated carbocycles. The maximum atomic E-state index is 13.3. The van der Waals surface area contributed by atoms with Crippen molar-refractivity contribution in [2.24, 2.45) is 5.41 Å². The number of piperidine rings is 1. The van der Waals surface area contributed by atoms with Crippen LogP contribution in [0.2, 0.25) is 0 Å². The zero-order chi connectivity index (χ0) is 17.1. The summed E-state index contributed by atoms with van der Waals surface area (Å²) < 4.78 is 0. The molecule has 1 aromatic heterocycles. The van der Waals surface area contributed by atoms with E-state index >= 15 is 0 Å². The predicted octanol–water partition coefficient (Wildman–Crippen LogP) is 1.84. The molecule has 1 aliphatic carbocycles. The summed E-state index contributed by atoms with van der Waals surface area (Å²) >= 11 is 0. The number of anilines is 1. The first kappa shape index (κ1) is 15.8. The van der Waals surface area contributed by atoms with Crippen molar-refractivity contribution in [1.82, 2.24) is 19.8 Å². The van der Waals surface area contributed by atoms with E-state index in [2.05, 4.69) is 33.7 Å². The van der Waals surface area contributed by atoms with E-state index in [9.17, 15) is 4.79 Å². The number of likely N-dealkylation sites (N-methyl/N-ethyl adjacent to an activating group) is 1. The Balaban J connectivity index is 1.74. The summed E-state index contributed by atoms with van der Waals surface area (Å²) in [6.45, 7) is 5.21. The molecule has 6 nitrogen and oxygen atoms in total. The van der Waals surface area contributed by atoms with Gasteiger partial charge in [0, 0.05) is 35.8 Å². The molecule has 1 amide bonds. The third kappa shape index (κ3) is 2.23. The number of nitrogens with two attached hydrogens (primary N) is 1. The standard InChI is InChI=1S/C18H27N5O/c1-11-8-13(21-17(19)20-11)16(24)23-12-9-18(2)14(22(3)10-12)6-4-5-7-15(18)23/h8,12,14-15H,4-7,9-10H2,1-3H3,(H2,19,20,21)/t12-,14+,15-,18+/m0/s1. The summed E-state index contributed by atoms with van der Waals surface area (Å²) in [5, 5.41) is 0. The SMILES string of the molecule is Cc1cc(C(=O)N2[C@@H]3CN(C)[C@@H]4CCCC[C@H]2[C@]4(C)C3)nc(N)n1. The van der Waals surface area contributed by atoms with Crippen molar-refractivity contribution < 1.29 is 4.79 Å². The third-order valence-electron chi connectivity index (χ3n) is 6.49. The van der Waals surface area contributed by atoms with E-state index in [1.165, 1.54) is 19.3 Å². The lowest BCUT2D eigenvalue weighted by molar-refractivity contribution is 0.0576. The number of hydrogen-bond donors (Lipinski definition) is 1. The summed E-state index contributed by atoms with van der Waals surface area (Å²) in [5.74, 6) is 0.212. The van der Waals surface area contributed by atoms with Crippen LogP contribution < -0.4 is 5.73 Å². The lowest BCUT2D eigenvalue weighted by Gasteiger charge is -2.44. The van der Waals surface area contributed by atoms with Gasteiger partial charge in [-0.1, -0.05) is 19.8 Å². The molecule has 130 valence electrons. The fourth-order valence-electron chi connectivity index (χ4n) is 5.62. The molecule has 4 rings (SSSR count). The van der Waals surface area contributed by atoms with Gasteiger partial charge in [0.1, 0.15) is 5.69 Å². The largest absolute Gasteiger partial charge is 0.368 e. The minimum Gasteiger partial charge on any atom is -0.368 e. The second-order valence-electron chi connectivity index (χ2n) is 8.08. The summed E-state index contributed by atoms with van der Waals surface area (Å²) in [7, 11) is 2.22. The van der Waals surface area contributed by atoms with E-state index in [1.54, 1.807) is 6.07 Å². The van der Waals surface area contributed by atoms with Gasteiger partial charge in [-0.25, -0.2) is 9.97 Å². The molecule has 4 atom stereocenters. The van der Waals surface area contributed by atoms with E-state index in [-0.39, 0.29) is 23.3 Å². The zero-order valence-electron chi connectivity index (χ0n) is 14.8. The van der Waals surface area contributed by atoms with E-state index in [4.69, 9.17) is 5.73 Å². The first-order valence-electron chi connectivity index (χ1n) is 9.04. The molecule has 2 aliphatic heterocycles. The van der Waals surface area contributed by atoms with Gasteiger partial charge in [0.15, 0.2) is 0 Å². The monoisotopic (exact) mass is 329 g/mol. The fourth-order valence-corrected chi connectivity index (χ4v) is 5.62. The minimum atomic E-state index is 0.0295. The Morgan fingerprint density at radius 1 is 1.29 bits per heavy atom.